The SMILES string of the molecule is C=CCC1C=C2CC(=O)CCC2(C)C2CCC3(C)C(C(C)CCCC(C)C)CCC3C12.CC. The zero-order valence-corrected chi connectivity index (χ0v) is 23.1. The molecule has 0 radical (unpaired) electrons. The standard InChI is InChI=1S/C30H48O.C2H6/c1-7-9-22-18-23-19-24(31)14-16-29(23,5)27-15-17-30(6)25(12-13-26(30)28(22)27)21(4)11-8-10-20(2)3;1-2/h7,18,20-22,25-28H,1,8-17,19H2,2-6H3;1-2H3. The lowest BCUT2D eigenvalue weighted by atomic mass is 9.45. The lowest BCUT2D eigenvalue weighted by Gasteiger charge is -2.60. The molecule has 3 saturated carbocycles. The van der Waals surface area contributed by atoms with Gasteiger partial charge in [0.25, 0.3) is 0 Å². The first-order valence-electron chi connectivity index (χ1n) is 14.5. The lowest BCUT2D eigenvalue weighted by Crippen LogP contribution is -2.53. The van der Waals surface area contributed by atoms with Gasteiger partial charge in [-0.15, -0.1) is 6.58 Å². The number of allylic oxidation sites excluding steroid dienone is 3. The fraction of sp³-hybridized carbons (Fsp3) is 0.844. The molecule has 0 heterocycles. The van der Waals surface area contributed by atoms with Crippen LogP contribution in [0, 0.1) is 52.3 Å². The maximum Gasteiger partial charge on any atom is 0.136 e. The predicted octanol–water partition coefficient (Wildman–Crippen LogP) is 9.43. The Morgan fingerprint density at radius 3 is 2.45 bits per heavy atom. The Bertz CT molecular complexity index is 716. The van der Waals surface area contributed by atoms with Gasteiger partial charge in [-0.3, -0.25) is 4.79 Å². The lowest BCUT2D eigenvalue weighted by molar-refractivity contribution is -0.123. The summed E-state index contributed by atoms with van der Waals surface area (Å²) in [7, 11) is 0. The summed E-state index contributed by atoms with van der Waals surface area (Å²) < 4.78 is 0. The number of ketones is 1. The van der Waals surface area contributed by atoms with Crippen LogP contribution in [-0.2, 0) is 4.79 Å². The van der Waals surface area contributed by atoms with Gasteiger partial charge >= 0.3 is 0 Å². The molecule has 0 aromatic rings. The van der Waals surface area contributed by atoms with E-state index < -0.39 is 0 Å². The minimum absolute atomic E-state index is 0.276. The second-order valence-corrected chi connectivity index (χ2v) is 12.8. The minimum Gasteiger partial charge on any atom is -0.299 e. The molecule has 188 valence electrons. The van der Waals surface area contributed by atoms with E-state index in [4.69, 9.17) is 0 Å². The molecule has 0 aromatic carbocycles. The number of hydrogen-bond acceptors (Lipinski definition) is 1. The Balaban J connectivity index is 0.00000149. The minimum atomic E-state index is 0.276. The van der Waals surface area contributed by atoms with Gasteiger partial charge in [0.15, 0.2) is 0 Å². The maximum atomic E-state index is 12.3. The molecule has 1 nitrogen and oxygen atoms in total. The van der Waals surface area contributed by atoms with Crippen LogP contribution in [0.2, 0.25) is 0 Å². The first-order chi connectivity index (χ1) is 15.7. The molecule has 33 heavy (non-hydrogen) atoms. The van der Waals surface area contributed by atoms with Crippen LogP contribution in [0.15, 0.2) is 24.3 Å². The molecule has 0 aliphatic heterocycles. The molecular formula is C32H54O. The summed E-state index contributed by atoms with van der Waals surface area (Å²) >= 11 is 0. The van der Waals surface area contributed by atoms with E-state index in [0.29, 0.717) is 17.1 Å². The van der Waals surface area contributed by atoms with E-state index in [1.165, 1.54) is 50.5 Å². The highest BCUT2D eigenvalue weighted by atomic mass is 16.1. The van der Waals surface area contributed by atoms with Crippen LogP contribution in [0.1, 0.15) is 119 Å². The van der Waals surface area contributed by atoms with Crippen LogP contribution < -0.4 is 0 Å². The van der Waals surface area contributed by atoms with E-state index in [1.807, 2.05) is 13.8 Å². The molecule has 8 unspecified atom stereocenters. The molecule has 8 atom stereocenters. The van der Waals surface area contributed by atoms with Crippen molar-refractivity contribution in [3.05, 3.63) is 24.3 Å². The van der Waals surface area contributed by atoms with Crippen LogP contribution in [0.25, 0.3) is 0 Å². The molecule has 4 aliphatic carbocycles. The van der Waals surface area contributed by atoms with E-state index in [1.54, 1.807) is 0 Å². The highest BCUT2D eigenvalue weighted by molar-refractivity contribution is 5.82. The second kappa shape index (κ2) is 10.8. The van der Waals surface area contributed by atoms with Crippen molar-refractivity contribution in [3.63, 3.8) is 0 Å². The summed E-state index contributed by atoms with van der Waals surface area (Å²) in [5, 5.41) is 0. The van der Waals surface area contributed by atoms with Crippen molar-refractivity contribution in [1.29, 1.82) is 0 Å². The van der Waals surface area contributed by atoms with E-state index in [0.717, 1.165) is 61.2 Å². The maximum absolute atomic E-state index is 12.3. The molecule has 3 fully saturated rings. The van der Waals surface area contributed by atoms with E-state index in [9.17, 15) is 4.79 Å². The Hall–Kier alpha value is -0.850. The summed E-state index contributed by atoms with van der Waals surface area (Å²) in [6, 6.07) is 0. The van der Waals surface area contributed by atoms with Crippen molar-refractivity contribution in [2.75, 3.05) is 0 Å². The monoisotopic (exact) mass is 454 g/mol. The topological polar surface area (TPSA) is 17.1 Å². The molecule has 0 saturated heterocycles. The first kappa shape index (κ1) is 26.7. The second-order valence-electron chi connectivity index (χ2n) is 12.8. The average molecular weight is 455 g/mol. The number of carbonyl (C=O) groups excluding carboxylic acids is 1. The largest absolute Gasteiger partial charge is 0.299 e. The molecular weight excluding hydrogens is 400 g/mol. The molecule has 0 amide bonds. The number of Topliss-reactive ketones (excluding diaryl/α,β-unsaturated/α-hetero) is 1. The van der Waals surface area contributed by atoms with Crippen molar-refractivity contribution in [2.24, 2.45) is 52.3 Å². The van der Waals surface area contributed by atoms with Crippen LogP contribution in [0.3, 0.4) is 0 Å². The summed E-state index contributed by atoms with van der Waals surface area (Å²) in [4.78, 5) is 12.3. The number of fused-ring (bicyclic) bond motifs is 5. The number of rotatable bonds is 7. The number of hydrogen-bond donors (Lipinski definition) is 0. The van der Waals surface area contributed by atoms with Gasteiger partial charge in [0.05, 0.1) is 0 Å². The van der Waals surface area contributed by atoms with E-state index >= 15 is 0 Å². The third kappa shape index (κ3) is 4.95. The summed E-state index contributed by atoms with van der Waals surface area (Å²) in [5.41, 5.74) is 2.29. The van der Waals surface area contributed by atoms with Gasteiger partial charge < -0.3 is 0 Å². The summed E-state index contributed by atoms with van der Waals surface area (Å²) in [5.74, 6) is 6.11. The highest BCUT2D eigenvalue weighted by Crippen LogP contribution is 2.68. The fourth-order valence-electron chi connectivity index (χ4n) is 9.08. The highest BCUT2D eigenvalue weighted by Gasteiger charge is 2.60. The van der Waals surface area contributed by atoms with Crippen LogP contribution in [-0.4, -0.2) is 5.78 Å². The Labute approximate surface area is 206 Å². The van der Waals surface area contributed by atoms with Gasteiger partial charge in [-0.1, -0.05) is 85.5 Å². The van der Waals surface area contributed by atoms with Crippen LogP contribution in [0.4, 0.5) is 0 Å². The van der Waals surface area contributed by atoms with Crippen molar-refractivity contribution < 1.29 is 4.79 Å². The third-order valence-corrected chi connectivity index (χ3v) is 10.7. The molecule has 0 bridgehead atoms. The van der Waals surface area contributed by atoms with Gasteiger partial charge in [-0.2, -0.15) is 0 Å². The molecule has 1 heteroatoms. The van der Waals surface area contributed by atoms with E-state index in [-0.39, 0.29) is 5.41 Å². The van der Waals surface area contributed by atoms with Crippen molar-refractivity contribution in [1.82, 2.24) is 0 Å². The Kier molecular flexibility index (Phi) is 8.77. The van der Waals surface area contributed by atoms with Crippen molar-refractivity contribution >= 4 is 5.78 Å². The van der Waals surface area contributed by atoms with Crippen molar-refractivity contribution in [3.8, 4) is 0 Å². The molecule has 4 rings (SSSR count). The zero-order chi connectivity index (χ0) is 24.4. The van der Waals surface area contributed by atoms with Gasteiger partial charge in [-0.25, -0.2) is 0 Å². The first-order valence-corrected chi connectivity index (χ1v) is 14.5. The van der Waals surface area contributed by atoms with Crippen molar-refractivity contribution in [2.45, 2.75) is 119 Å². The molecule has 0 spiro atoms. The smallest absolute Gasteiger partial charge is 0.136 e. The quantitative estimate of drug-likeness (QED) is 0.350. The van der Waals surface area contributed by atoms with Crippen LogP contribution >= 0.6 is 0 Å². The average Bonchev–Trinajstić information content (AvgIpc) is 3.13. The normalized spacial score (nSPS) is 40.7. The number of carbonyl (C=O) groups is 1. The molecule has 4 aliphatic rings. The predicted molar refractivity (Wildman–Crippen MR) is 143 cm³/mol. The summed E-state index contributed by atoms with van der Waals surface area (Å²) in [6.45, 7) is 20.6. The Morgan fingerprint density at radius 1 is 1.06 bits per heavy atom. The van der Waals surface area contributed by atoms with Gasteiger partial charge in [-0.05, 0) is 90.8 Å². The van der Waals surface area contributed by atoms with Gasteiger partial charge in [0.1, 0.15) is 5.78 Å². The molecule has 0 N–H and O–H groups in total. The molecule has 0 aromatic heterocycles. The third-order valence-electron chi connectivity index (χ3n) is 10.7. The van der Waals surface area contributed by atoms with E-state index in [2.05, 4.69) is 53.3 Å². The summed E-state index contributed by atoms with van der Waals surface area (Å²) in [6.07, 6.45) is 18.3. The van der Waals surface area contributed by atoms with Gasteiger partial charge in [0.2, 0.25) is 0 Å². The Morgan fingerprint density at radius 2 is 1.79 bits per heavy atom. The van der Waals surface area contributed by atoms with Crippen LogP contribution in [0.5, 0.6) is 0 Å². The fourth-order valence-corrected chi connectivity index (χ4v) is 9.08. The van der Waals surface area contributed by atoms with Gasteiger partial charge in [0, 0.05) is 12.8 Å². The zero-order valence-electron chi connectivity index (χ0n) is 23.1.